The van der Waals surface area contributed by atoms with Crippen molar-refractivity contribution in [3.63, 3.8) is 0 Å². The van der Waals surface area contributed by atoms with Gasteiger partial charge < -0.3 is 10.2 Å². The number of alkyl halides is 3. The molecule has 0 unspecified atom stereocenters. The maximum atomic E-state index is 12.9. The number of aromatic amines is 1. The molecular formula is C15H19F3N4O2. The number of carbonyl (C=O) groups is 2. The zero-order valence-corrected chi connectivity index (χ0v) is 13.0. The third-order valence-corrected chi connectivity index (χ3v) is 4.50. The average molecular weight is 344 g/mol. The van der Waals surface area contributed by atoms with E-state index in [-0.39, 0.29) is 18.4 Å². The van der Waals surface area contributed by atoms with E-state index in [0.717, 1.165) is 12.8 Å². The number of carbonyl (C=O) groups excluding carboxylic acids is 2. The smallest absolute Gasteiger partial charge is 0.356 e. The second-order valence-corrected chi connectivity index (χ2v) is 6.44. The number of aromatic nitrogens is 2. The van der Waals surface area contributed by atoms with Gasteiger partial charge in [0.05, 0.1) is 12.1 Å². The first-order chi connectivity index (χ1) is 11.4. The average Bonchev–Trinajstić information content (AvgIpc) is 3.24. The minimum atomic E-state index is -4.64. The van der Waals surface area contributed by atoms with E-state index in [1.807, 2.05) is 0 Å². The van der Waals surface area contributed by atoms with Crippen LogP contribution in [0.3, 0.4) is 0 Å². The van der Waals surface area contributed by atoms with Crippen LogP contribution in [0, 0.1) is 11.8 Å². The number of H-pyrrole nitrogens is 1. The van der Waals surface area contributed by atoms with Crippen molar-refractivity contribution in [3.8, 4) is 0 Å². The van der Waals surface area contributed by atoms with Crippen molar-refractivity contribution in [2.45, 2.75) is 31.9 Å². The van der Waals surface area contributed by atoms with Gasteiger partial charge in [0.2, 0.25) is 5.91 Å². The highest BCUT2D eigenvalue weighted by atomic mass is 19.4. The van der Waals surface area contributed by atoms with Crippen molar-refractivity contribution < 1.29 is 22.8 Å². The lowest BCUT2D eigenvalue weighted by Crippen LogP contribution is -2.46. The highest BCUT2D eigenvalue weighted by Crippen LogP contribution is 2.32. The molecule has 1 aliphatic heterocycles. The Bertz CT molecular complexity index is 624. The fourth-order valence-corrected chi connectivity index (χ4v) is 2.91. The SMILES string of the molecule is O=C(NCC1CC1)[C@H]1CCCN(C(=O)c2[nH]ncc2C(F)(F)F)C1. The number of rotatable bonds is 4. The molecular weight excluding hydrogens is 325 g/mol. The molecule has 1 aromatic heterocycles. The van der Waals surface area contributed by atoms with Crippen LogP contribution < -0.4 is 5.32 Å². The van der Waals surface area contributed by atoms with Crippen molar-refractivity contribution in [1.82, 2.24) is 20.4 Å². The number of amides is 2. The van der Waals surface area contributed by atoms with E-state index in [4.69, 9.17) is 0 Å². The minimum absolute atomic E-state index is 0.125. The summed E-state index contributed by atoms with van der Waals surface area (Å²) >= 11 is 0. The highest BCUT2D eigenvalue weighted by molar-refractivity contribution is 5.94. The number of nitrogens with one attached hydrogen (secondary N) is 2. The van der Waals surface area contributed by atoms with Gasteiger partial charge in [-0.25, -0.2) is 0 Å². The van der Waals surface area contributed by atoms with E-state index < -0.39 is 23.3 Å². The second-order valence-electron chi connectivity index (χ2n) is 6.44. The summed E-state index contributed by atoms with van der Waals surface area (Å²) in [6.45, 7) is 1.11. The van der Waals surface area contributed by atoms with Crippen molar-refractivity contribution in [2.75, 3.05) is 19.6 Å². The van der Waals surface area contributed by atoms with Crippen molar-refractivity contribution >= 4 is 11.8 Å². The molecule has 2 aliphatic rings. The summed E-state index contributed by atoms with van der Waals surface area (Å²) < 4.78 is 38.7. The van der Waals surface area contributed by atoms with Crippen molar-refractivity contribution in [1.29, 1.82) is 0 Å². The van der Waals surface area contributed by atoms with Gasteiger partial charge in [-0.05, 0) is 31.6 Å². The first kappa shape index (κ1) is 16.8. The Morgan fingerprint density at radius 1 is 1.33 bits per heavy atom. The van der Waals surface area contributed by atoms with Crippen LogP contribution in [-0.4, -0.2) is 46.5 Å². The third-order valence-electron chi connectivity index (χ3n) is 4.50. The molecule has 24 heavy (non-hydrogen) atoms. The lowest BCUT2D eigenvalue weighted by Gasteiger charge is -2.32. The molecule has 1 saturated carbocycles. The summed E-state index contributed by atoms with van der Waals surface area (Å²) in [7, 11) is 0. The molecule has 1 atom stereocenters. The second kappa shape index (κ2) is 6.45. The first-order valence-corrected chi connectivity index (χ1v) is 8.04. The Balaban J connectivity index is 1.64. The highest BCUT2D eigenvalue weighted by Gasteiger charge is 2.39. The Hall–Kier alpha value is -2.06. The van der Waals surface area contributed by atoms with Crippen LogP contribution in [0.5, 0.6) is 0 Å². The molecule has 2 fully saturated rings. The summed E-state index contributed by atoms with van der Waals surface area (Å²) in [6, 6.07) is 0. The molecule has 2 N–H and O–H groups in total. The fourth-order valence-electron chi connectivity index (χ4n) is 2.91. The maximum Gasteiger partial charge on any atom is 0.420 e. The number of hydrogen-bond acceptors (Lipinski definition) is 3. The predicted molar refractivity (Wildman–Crippen MR) is 78.0 cm³/mol. The van der Waals surface area contributed by atoms with Gasteiger partial charge in [-0.15, -0.1) is 0 Å². The fraction of sp³-hybridized carbons (Fsp3) is 0.667. The summed E-state index contributed by atoms with van der Waals surface area (Å²) in [5.41, 5.74) is -1.64. The van der Waals surface area contributed by atoms with Gasteiger partial charge in [-0.3, -0.25) is 14.7 Å². The van der Waals surface area contributed by atoms with Gasteiger partial charge in [0.15, 0.2) is 0 Å². The summed E-state index contributed by atoms with van der Waals surface area (Å²) in [5, 5.41) is 8.35. The zero-order valence-electron chi connectivity index (χ0n) is 13.0. The molecule has 1 aromatic rings. The van der Waals surface area contributed by atoms with Crippen LogP contribution in [0.15, 0.2) is 6.20 Å². The van der Waals surface area contributed by atoms with Gasteiger partial charge in [0.1, 0.15) is 11.3 Å². The van der Waals surface area contributed by atoms with E-state index in [1.165, 1.54) is 4.90 Å². The summed E-state index contributed by atoms with van der Waals surface area (Å²) in [5.74, 6) is -0.715. The lowest BCUT2D eigenvalue weighted by atomic mass is 9.96. The van der Waals surface area contributed by atoms with Gasteiger partial charge in [-0.2, -0.15) is 18.3 Å². The number of halogens is 3. The van der Waals surface area contributed by atoms with E-state index in [9.17, 15) is 22.8 Å². The lowest BCUT2D eigenvalue weighted by molar-refractivity contribution is -0.138. The Labute approximate surface area is 136 Å². The Morgan fingerprint density at radius 2 is 2.08 bits per heavy atom. The Morgan fingerprint density at radius 3 is 2.75 bits per heavy atom. The molecule has 1 saturated heterocycles. The molecule has 132 valence electrons. The van der Waals surface area contributed by atoms with Crippen LogP contribution >= 0.6 is 0 Å². The van der Waals surface area contributed by atoms with Gasteiger partial charge in [0.25, 0.3) is 5.91 Å². The van der Waals surface area contributed by atoms with Crippen molar-refractivity contribution in [2.24, 2.45) is 11.8 Å². The first-order valence-electron chi connectivity index (χ1n) is 8.04. The van der Waals surface area contributed by atoms with E-state index in [2.05, 4.69) is 15.5 Å². The molecule has 1 aliphatic carbocycles. The quantitative estimate of drug-likeness (QED) is 0.874. The number of likely N-dealkylation sites (tertiary alicyclic amines) is 1. The maximum absolute atomic E-state index is 12.9. The van der Waals surface area contributed by atoms with Crippen LogP contribution in [0.2, 0.25) is 0 Å². The van der Waals surface area contributed by atoms with Crippen molar-refractivity contribution in [3.05, 3.63) is 17.5 Å². The standard InChI is InChI=1S/C15H19F3N4O2/c16-15(17,18)11-7-20-21-12(11)14(24)22-5-1-2-10(8-22)13(23)19-6-9-3-4-9/h7,9-10H,1-6,8H2,(H,19,23)(H,20,21)/t10-/m0/s1. The molecule has 6 nitrogen and oxygen atoms in total. The number of hydrogen-bond donors (Lipinski definition) is 2. The van der Waals surface area contributed by atoms with E-state index >= 15 is 0 Å². The summed E-state index contributed by atoms with van der Waals surface area (Å²) in [6.07, 6.45) is -0.574. The topological polar surface area (TPSA) is 78.1 Å². The normalized spacial score (nSPS) is 21.6. The molecule has 0 spiro atoms. The van der Waals surface area contributed by atoms with Gasteiger partial charge >= 0.3 is 6.18 Å². The molecule has 0 radical (unpaired) electrons. The van der Waals surface area contributed by atoms with Gasteiger partial charge in [-0.1, -0.05) is 0 Å². The zero-order chi connectivity index (χ0) is 17.3. The van der Waals surface area contributed by atoms with Crippen LogP contribution in [-0.2, 0) is 11.0 Å². The van der Waals surface area contributed by atoms with Gasteiger partial charge in [0, 0.05) is 19.6 Å². The molecule has 9 heteroatoms. The molecule has 2 amide bonds. The minimum Gasteiger partial charge on any atom is -0.356 e. The van der Waals surface area contributed by atoms with E-state index in [1.54, 1.807) is 0 Å². The molecule has 0 bridgehead atoms. The Kier molecular flexibility index (Phi) is 4.51. The van der Waals surface area contributed by atoms with E-state index in [0.29, 0.717) is 38.0 Å². The molecule has 0 aromatic carbocycles. The predicted octanol–water partition coefficient (Wildman–Crippen LogP) is 1.81. The number of nitrogens with zero attached hydrogens (tertiary/aromatic N) is 2. The third kappa shape index (κ3) is 3.70. The summed E-state index contributed by atoms with van der Waals surface area (Å²) in [4.78, 5) is 25.9. The van der Waals surface area contributed by atoms with Crippen LogP contribution in [0.25, 0.3) is 0 Å². The monoisotopic (exact) mass is 344 g/mol. The van der Waals surface area contributed by atoms with Crippen LogP contribution in [0.1, 0.15) is 41.7 Å². The van der Waals surface area contributed by atoms with Crippen LogP contribution in [0.4, 0.5) is 13.2 Å². The largest absolute Gasteiger partial charge is 0.420 e. The molecule has 2 heterocycles. The number of piperidine rings is 1. The molecule has 3 rings (SSSR count).